The first-order chi connectivity index (χ1) is 11.2. The van der Waals surface area contributed by atoms with E-state index in [4.69, 9.17) is 5.73 Å². The summed E-state index contributed by atoms with van der Waals surface area (Å²) in [6.45, 7) is 2.99. The van der Waals surface area contributed by atoms with E-state index in [2.05, 4.69) is 10.1 Å². The second-order valence-corrected chi connectivity index (χ2v) is 6.32. The number of aromatic nitrogens is 3. The molecule has 9 heteroatoms. The van der Waals surface area contributed by atoms with E-state index >= 15 is 0 Å². The smallest absolute Gasteiger partial charge is 0.244 e. The Labute approximate surface area is 147 Å². The van der Waals surface area contributed by atoms with Gasteiger partial charge < -0.3 is 15.5 Å². The molecule has 1 aromatic rings. The Balaban J connectivity index is 0.00000208. The second kappa shape index (κ2) is 8.43. The molecule has 3 rings (SSSR count). The Bertz CT molecular complexity index is 552. The van der Waals surface area contributed by atoms with Gasteiger partial charge in [-0.15, -0.1) is 12.4 Å². The van der Waals surface area contributed by atoms with Gasteiger partial charge in [-0.3, -0.25) is 9.59 Å². The Morgan fingerprint density at radius 2 is 2.21 bits per heavy atom. The molecule has 3 heterocycles. The molecule has 2 atom stereocenters. The fraction of sp³-hybridized carbons (Fsp3) is 0.733. The average molecular weight is 357 g/mol. The molecule has 2 fully saturated rings. The van der Waals surface area contributed by atoms with E-state index in [1.807, 2.05) is 9.80 Å². The van der Waals surface area contributed by atoms with Crippen LogP contribution in [0.4, 0.5) is 0 Å². The molecule has 2 amide bonds. The van der Waals surface area contributed by atoms with Crippen LogP contribution in [0, 0.1) is 5.92 Å². The number of piperidine rings is 2. The van der Waals surface area contributed by atoms with Gasteiger partial charge in [0, 0.05) is 32.1 Å². The number of fused-ring (bicyclic) bond motifs is 1. The minimum absolute atomic E-state index is 0. The summed E-state index contributed by atoms with van der Waals surface area (Å²) in [5.74, 6) is 0.681. The summed E-state index contributed by atoms with van der Waals surface area (Å²) < 4.78 is 1.55. The average Bonchev–Trinajstić information content (AvgIpc) is 3.06. The van der Waals surface area contributed by atoms with Gasteiger partial charge in [0.15, 0.2) is 0 Å². The summed E-state index contributed by atoms with van der Waals surface area (Å²) in [6, 6.07) is 0.262. The number of halogens is 1. The first-order valence-corrected chi connectivity index (χ1v) is 8.28. The van der Waals surface area contributed by atoms with Crippen molar-refractivity contribution in [3.8, 4) is 0 Å². The van der Waals surface area contributed by atoms with Crippen LogP contribution in [-0.2, 0) is 16.1 Å². The van der Waals surface area contributed by atoms with Crippen molar-refractivity contribution in [1.82, 2.24) is 24.6 Å². The molecule has 0 bridgehead atoms. The first-order valence-electron chi connectivity index (χ1n) is 8.28. The van der Waals surface area contributed by atoms with Crippen LogP contribution < -0.4 is 5.73 Å². The van der Waals surface area contributed by atoms with Crippen LogP contribution in [0.3, 0.4) is 0 Å². The predicted molar refractivity (Wildman–Crippen MR) is 90.4 cm³/mol. The topological polar surface area (TPSA) is 97.3 Å². The molecule has 0 radical (unpaired) electrons. The van der Waals surface area contributed by atoms with Crippen molar-refractivity contribution < 1.29 is 9.59 Å². The molecular weight excluding hydrogens is 332 g/mol. The lowest BCUT2D eigenvalue weighted by molar-refractivity contribution is -0.144. The highest BCUT2D eigenvalue weighted by Gasteiger charge is 2.39. The zero-order valence-corrected chi connectivity index (χ0v) is 14.5. The quantitative estimate of drug-likeness (QED) is 0.793. The van der Waals surface area contributed by atoms with E-state index in [0.717, 1.165) is 32.4 Å². The van der Waals surface area contributed by atoms with E-state index in [1.165, 1.54) is 6.33 Å². The van der Waals surface area contributed by atoms with Gasteiger partial charge in [0.1, 0.15) is 19.2 Å². The highest BCUT2D eigenvalue weighted by atomic mass is 35.5. The molecule has 2 saturated heterocycles. The number of likely N-dealkylation sites (tertiary alicyclic amines) is 2. The van der Waals surface area contributed by atoms with Gasteiger partial charge in [0.05, 0.1) is 0 Å². The van der Waals surface area contributed by atoms with Crippen molar-refractivity contribution >= 4 is 24.2 Å². The molecule has 24 heavy (non-hydrogen) atoms. The van der Waals surface area contributed by atoms with E-state index < -0.39 is 0 Å². The van der Waals surface area contributed by atoms with Crippen LogP contribution in [0.25, 0.3) is 0 Å². The Morgan fingerprint density at radius 3 is 2.92 bits per heavy atom. The summed E-state index contributed by atoms with van der Waals surface area (Å²) in [4.78, 5) is 32.3. The molecule has 1 aromatic heterocycles. The molecule has 2 N–H and O–H groups in total. The maximum atomic E-state index is 12.4. The number of hydrogen-bond donors (Lipinski definition) is 1. The van der Waals surface area contributed by atoms with Crippen molar-refractivity contribution in [3.63, 3.8) is 0 Å². The Kier molecular flexibility index (Phi) is 6.56. The van der Waals surface area contributed by atoms with Gasteiger partial charge in [-0.05, 0) is 31.7 Å². The molecule has 2 aliphatic rings. The summed E-state index contributed by atoms with van der Waals surface area (Å²) in [6.07, 6.45) is 6.13. The third-order valence-electron chi connectivity index (χ3n) is 4.86. The fourth-order valence-corrected chi connectivity index (χ4v) is 3.68. The lowest BCUT2D eigenvalue weighted by atomic mass is 9.83. The third-order valence-corrected chi connectivity index (χ3v) is 4.86. The maximum Gasteiger partial charge on any atom is 0.244 e. The monoisotopic (exact) mass is 356 g/mol. The second-order valence-electron chi connectivity index (χ2n) is 6.32. The molecule has 2 aliphatic heterocycles. The highest BCUT2D eigenvalue weighted by molar-refractivity contribution is 5.85. The SMILES string of the molecule is Cl.NCCCN1C(=O)CC[C@H]2CN(C(=O)Cn3cncn3)CC[C@H]21. The number of rotatable bonds is 5. The number of carbonyl (C=O) groups excluding carboxylic acids is 2. The van der Waals surface area contributed by atoms with Crippen molar-refractivity contribution in [2.45, 2.75) is 38.3 Å². The van der Waals surface area contributed by atoms with E-state index in [9.17, 15) is 9.59 Å². The van der Waals surface area contributed by atoms with Gasteiger partial charge in [-0.2, -0.15) is 5.10 Å². The zero-order valence-electron chi connectivity index (χ0n) is 13.7. The van der Waals surface area contributed by atoms with Gasteiger partial charge in [-0.1, -0.05) is 0 Å². The van der Waals surface area contributed by atoms with Crippen molar-refractivity contribution in [3.05, 3.63) is 12.7 Å². The van der Waals surface area contributed by atoms with Crippen LogP contribution in [0.5, 0.6) is 0 Å². The van der Waals surface area contributed by atoms with Gasteiger partial charge in [0.25, 0.3) is 0 Å². The number of nitrogens with zero attached hydrogens (tertiary/aromatic N) is 5. The summed E-state index contributed by atoms with van der Waals surface area (Å²) in [5.41, 5.74) is 5.58. The number of carbonyl (C=O) groups is 2. The van der Waals surface area contributed by atoms with E-state index in [1.54, 1.807) is 11.0 Å². The number of amides is 2. The molecule has 0 aromatic carbocycles. The molecule has 0 spiro atoms. The van der Waals surface area contributed by atoms with Crippen LogP contribution in [0.15, 0.2) is 12.7 Å². The van der Waals surface area contributed by atoms with Crippen molar-refractivity contribution in [1.29, 1.82) is 0 Å². The van der Waals surface area contributed by atoms with E-state index in [-0.39, 0.29) is 36.8 Å². The third kappa shape index (κ3) is 4.05. The minimum atomic E-state index is 0. The Hall–Kier alpha value is -1.67. The van der Waals surface area contributed by atoms with Crippen molar-refractivity contribution in [2.24, 2.45) is 11.7 Å². The van der Waals surface area contributed by atoms with E-state index in [0.29, 0.717) is 25.4 Å². The number of hydrogen-bond acceptors (Lipinski definition) is 5. The normalized spacial score (nSPS) is 23.6. The Morgan fingerprint density at radius 1 is 1.38 bits per heavy atom. The molecule has 0 saturated carbocycles. The molecular formula is C15H25ClN6O2. The van der Waals surface area contributed by atoms with Crippen LogP contribution >= 0.6 is 12.4 Å². The maximum absolute atomic E-state index is 12.4. The lowest BCUT2D eigenvalue weighted by Crippen LogP contribution is -2.57. The minimum Gasteiger partial charge on any atom is -0.341 e. The van der Waals surface area contributed by atoms with Crippen LogP contribution in [0.1, 0.15) is 25.7 Å². The number of nitrogens with two attached hydrogens (primary N) is 1. The van der Waals surface area contributed by atoms with Crippen molar-refractivity contribution in [2.75, 3.05) is 26.2 Å². The molecule has 134 valence electrons. The highest BCUT2D eigenvalue weighted by Crippen LogP contribution is 2.31. The zero-order chi connectivity index (χ0) is 16.2. The summed E-state index contributed by atoms with van der Waals surface area (Å²) in [7, 11) is 0. The van der Waals surface area contributed by atoms with Gasteiger partial charge >= 0.3 is 0 Å². The molecule has 0 unspecified atom stereocenters. The summed E-state index contributed by atoms with van der Waals surface area (Å²) >= 11 is 0. The molecule has 8 nitrogen and oxygen atoms in total. The van der Waals surface area contributed by atoms with Crippen LogP contribution in [0.2, 0.25) is 0 Å². The van der Waals surface area contributed by atoms with Gasteiger partial charge in [-0.25, -0.2) is 9.67 Å². The van der Waals surface area contributed by atoms with Gasteiger partial charge in [0.2, 0.25) is 11.8 Å². The summed E-state index contributed by atoms with van der Waals surface area (Å²) in [5, 5.41) is 3.98. The fourth-order valence-electron chi connectivity index (χ4n) is 3.68. The predicted octanol–water partition coefficient (Wildman–Crippen LogP) is -0.112. The molecule has 0 aliphatic carbocycles. The van der Waals surface area contributed by atoms with Crippen LogP contribution in [-0.4, -0.2) is 68.6 Å². The standard InChI is InChI=1S/C15H24N6O2.ClH/c16-5-1-6-21-13-4-7-19(8-12(13)2-3-14(21)22)15(23)9-20-11-17-10-18-20;/h10-13H,1-9,16H2;1H/t12-,13+;/m0./s1. The largest absolute Gasteiger partial charge is 0.341 e. The lowest BCUT2D eigenvalue weighted by Gasteiger charge is -2.47. The first kappa shape index (κ1) is 18.7.